The summed E-state index contributed by atoms with van der Waals surface area (Å²) < 4.78 is 25.7. The Morgan fingerprint density at radius 1 is 1.11 bits per heavy atom. The van der Waals surface area contributed by atoms with Crippen molar-refractivity contribution in [1.29, 1.82) is 0 Å². The second kappa shape index (κ2) is 6.51. The average Bonchev–Trinajstić information content (AvgIpc) is 3.08. The Labute approximate surface area is 161 Å². The Morgan fingerprint density at radius 2 is 1.81 bits per heavy atom. The van der Waals surface area contributed by atoms with E-state index < -0.39 is 15.7 Å². The summed E-state index contributed by atoms with van der Waals surface area (Å²) in [7, 11) is -3.26. The SMILES string of the molecule is Cc1ccccc1-n1nc2c(c1NC(=O)c1ccccc1Cl)CS(=O)(=O)C2. The first kappa shape index (κ1) is 17.8. The van der Waals surface area contributed by atoms with Gasteiger partial charge in [-0.3, -0.25) is 4.79 Å². The smallest absolute Gasteiger partial charge is 0.258 e. The lowest BCUT2D eigenvalue weighted by Gasteiger charge is -2.13. The van der Waals surface area contributed by atoms with Crippen LogP contribution in [0.2, 0.25) is 5.02 Å². The van der Waals surface area contributed by atoms with Crippen molar-refractivity contribution in [2.45, 2.75) is 18.4 Å². The Bertz CT molecular complexity index is 1170. The largest absolute Gasteiger partial charge is 0.306 e. The number of benzene rings is 2. The lowest BCUT2D eigenvalue weighted by atomic mass is 10.2. The third-order valence-corrected chi connectivity index (χ3v) is 6.25. The fourth-order valence-electron chi connectivity index (χ4n) is 3.17. The van der Waals surface area contributed by atoms with E-state index in [0.717, 1.165) is 11.3 Å². The Kier molecular flexibility index (Phi) is 4.28. The van der Waals surface area contributed by atoms with Gasteiger partial charge in [-0.25, -0.2) is 13.1 Å². The number of aromatic nitrogens is 2. The molecule has 0 saturated carbocycles. The molecule has 0 fully saturated rings. The predicted octanol–water partition coefficient (Wildman–Crippen LogP) is 3.51. The molecule has 0 aliphatic carbocycles. The van der Waals surface area contributed by atoms with Gasteiger partial charge < -0.3 is 5.32 Å². The topological polar surface area (TPSA) is 81.1 Å². The minimum Gasteiger partial charge on any atom is -0.306 e. The maximum absolute atomic E-state index is 12.8. The Morgan fingerprint density at radius 3 is 2.56 bits per heavy atom. The summed E-state index contributed by atoms with van der Waals surface area (Å²) in [6.07, 6.45) is 0. The minimum atomic E-state index is -3.26. The molecule has 0 saturated heterocycles. The molecule has 1 aliphatic rings. The maximum atomic E-state index is 12.8. The number of carbonyl (C=O) groups is 1. The number of halogens is 1. The molecule has 0 spiro atoms. The lowest BCUT2D eigenvalue weighted by molar-refractivity contribution is 0.102. The van der Waals surface area contributed by atoms with Crippen molar-refractivity contribution in [3.05, 3.63) is 75.9 Å². The van der Waals surface area contributed by atoms with Crippen LogP contribution in [0.3, 0.4) is 0 Å². The zero-order chi connectivity index (χ0) is 19.2. The van der Waals surface area contributed by atoms with Crippen molar-refractivity contribution < 1.29 is 13.2 Å². The van der Waals surface area contributed by atoms with Gasteiger partial charge in [-0.05, 0) is 30.7 Å². The zero-order valence-corrected chi connectivity index (χ0v) is 16.0. The first-order valence-corrected chi connectivity index (χ1v) is 10.5. The number of anilines is 1. The highest BCUT2D eigenvalue weighted by molar-refractivity contribution is 7.90. The van der Waals surface area contributed by atoms with Crippen molar-refractivity contribution in [2.24, 2.45) is 0 Å². The second-order valence-electron chi connectivity index (χ2n) is 6.44. The summed E-state index contributed by atoms with van der Waals surface area (Å²) in [6, 6.07) is 14.3. The van der Waals surface area contributed by atoms with Gasteiger partial charge in [-0.15, -0.1) is 0 Å². The highest BCUT2D eigenvalue weighted by atomic mass is 35.5. The molecule has 3 aromatic rings. The molecule has 2 aromatic carbocycles. The van der Waals surface area contributed by atoms with Crippen LogP contribution in [0.25, 0.3) is 5.69 Å². The zero-order valence-electron chi connectivity index (χ0n) is 14.4. The van der Waals surface area contributed by atoms with Crippen LogP contribution in [0, 0.1) is 6.92 Å². The van der Waals surface area contributed by atoms with E-state index in [4.69, 9.17) is 11.6 Å². The molecule has 1 N–H and O–H groups in total. The number of para-hydroxylation sites is 1. The van der Waals surface area contributed by atoms with E-state index in [1.165, 1.54) is 0 Å². The molecule has 0 unspecified atom stereocenters. The molecule has 27 heavy (non-hydrogen) atoms. The van der Waals surface area contributed by atoms with Crippen molar-refractivity contribution in [2.75, 3.05) is 5.32 Å². The molecule has 138 valence electrons. The summed E-state index contributed by atoms with van der Waals surface area (Å²) in [5.74, 6) is -0.324. The number of hydrogen-bond donors (Lipinski definition) is 1. The van der Waals surface area contributed by atoms with E-state index in [2.05, 4.69) is 10.4 Å². The third kappa shape index (κ3) is 3.24. The quantitative estimate of drug-likeness (QED) is 0.728. The van der Waals surface area contributed by atoms with Gasteiger partial charge in [0.15, 0.2) is 9.84 Å². The van der Waals surface area contributed by atoms with Crippen LogP contribution in [-0.4, -0.2) is 24.1 Å². The van der Waals surface area contributed by atoms with Gasteiger partial charge in [0.05, 0.1) is 33.5 Å². The van der Waals surface area contributed by atoms with E-state index in [0.29, 0.717) is 27.7 Å². The molecule has 1 aliphatic heterocycles. The number of amides is 1. The first-order chi connectivity index (χ1) is 12.9. The number of aryl methyl sites for hydroxylation is 1. The number of hydrogen-bond acceptors (Lipinski definition) is 4. The van der Waals surface area contributed by atoms with Gasteiger partial charge >= 0.3 is 0 Å². The van der Waals surface area contributed by atoms with Crippen molar-refractivity contribution >= 4 is 33.2 Å². The normalized spacial score (nSPS) is 14.7. The highest BCUT2D eigenvalue weighted by Gasteiger charge is 2.33. The molecule has 1 amide bonds. The average molecular weight is 402 g/mol. The van der Waals surface area contributed by atoms with Gasteiger partial charge in [0, 0.05) is 5.56 Å². The number of carbonyl (C=O) groups excluding carboxylic acids is 1. The number of rotatable bonds is 3. The van der Waals surface area contributed by atoms with Crippen LogP contribution in [0.4, 0.5) is 5.82 Å². The van der Waals surface area contributed by atoms with Crippen LogP contribution >= 0.6 is 11.6 Å². The standard InChI is InChI=1S/C19H16ClN3O3S/c1-12-6-2-5-9-17(12)23-18(14-10-27(25,26)11-16(14)22-23)21-19(24)13-7-3-4-8-15(13)20/h2-9H,10-11H2,1H3,(H,21,24). The monoisotopic (exact) mass is 401 g/mol. The number of sulfone groups is 1. The van der Waals surface area contributed by atoms with E-state index in [-0.39, 0.29) is 11.5 Å². The molecule has 0 radical (unpaired) electrons. The van der Waals surface area contributed by atoms with Crippen molar-refractivity contribution in [1.82, 2.24) is 9.78 Å². The molecule has 4 rings (SSSR count). The fourth-order valence-corrected chi connectivity index (χ4v) is 4.88. The lowest BCUT2D eigenvalue weighted by Crippen LogP contribution is -2.17. The van der Waals surface area contributed by atoms with Gasteiger partial charge in [0.2, 0.25) is 0 Å². The molecule has 1 aromatic heterocycles. The van der Waals surface area contributed by atoms with Crippen molar-refractivity contribution in [3.8, 4) is 5.69 Å². The number of nitrogens with one attached hydrogen (secondary N) is 1. The number of nitrogens with zero attached hydrogens (tertiary/aromatic N) is 2. The molecule has 0 atom stereocenters. The van der Waals surface area contributed by atoms with Gasteiger partial charge in [0.1, 0.15) is 5.82 Å². The van der Waals surface area contributed by atoms with E-state index in [9.17, 15) is 13.2 Å². The number of fused-ring (bicyclic) bond motifs is 1. The van der Waals surface area contributed by atoms with Gasteiger partial charge in [0.25, 0.3) is 5.91 Å². The van der Waals surface area contributed by atoms with Crippen LogP contribution in [0.1, 0.15) is 27.2 Å². The van der Waals surface area contributed by atoms with Crippen LogP contribution < -0.4 is 5.32 Å². The maximum Gasteiger partial charge on any atom is 0.258 e. The summed E-state index contributed by atoms with van der Waals surface area (Å²) in [5, 5.41) is 7.62. The fraction of sp³-hybridized carbons (Fsp3) is 0.158. The van der Waals surface area contributed by atoms with Crippen LogP contribution in [0.15, 0.2) is 48.5 Å². The Balaban J connectivity index is 1.83. The van der Waals surface area contributed by atoms with E-state index in [1.54, 1.807) is 28.9 Å². The summed E-state index contributed by atoms with van der Waals surface area (Å²) in [6.45, 7) is 1.93. The molecular formula is C19H16ClN3O3S. The Hall–Kier alpha value is -2.64. The summed E-state index contributed by atoms with van der Waals surface area (Å²) in [4.78, 5) is 12.8. The third-order valence-electron chi connectivity index (χ3n) is 4.48. The minimum absolute atomic E-state index is 0.129. The molecular weight excluding hydrogens is 386 g/mol. The summed E-state index contributed by atoms with van der Waals surface area (Å²) in [5.41, 5.74) is 3.03. The summed E-state index contributed by atoms with van der Waals surface area (Å²) >= 11 is 6.12. The van der Waals surface area contributed by atoms with Gasteiger partial charge in [-0.2, -0.15) is 5.10 Å². The van der Waals surface area contributed by atoms with Crippen molar-refractivity contribution in [3.63, 3.8) is 0 Å². The van der Waals surface area contributed by atoms with Crippen LogP contribution in [0.5, 0.6) is 0 Å². The van der Waals surface area contributed by atoms with E-state index in [1.807, 2.05) is 31.2 Å². The predicted molar refractivity (Wildman–Crippen MR) is 104 cm³/mol. The second-order valence-corrected chi connectivity index (χ2v) is 8.91. The van der Waals surface area contributed by atoms with Gasteiger partial charge in [-0.1, -0.05) is 41.9 Å². The molecule has 2 heterocycles. The molecule has 6 nitrogen and oxygen atoms in total. The highest BCUT2D eigenvalue weighted by Crippen LogP contribution is 2.34. The molecule has 0 bridgehead atoms. The first-order valence-electron chi connectivity index (χ1n) is 8.29. The van der Waals surface area contributed by atoms with E-state index >= 15 is 0 Å². The molecule has 8 heteroatoms. The van der Waals surface area contributed by atoms with Crippen LogP contribution in [-0.2, 0) is 21.3 Å².